The highest BCUT2D eigenvalue weighted by Gasteiger charge is 2.27. The Hall–Kier alpha value is -2.57. The Morgan fingerprint density at radius 3 is 2.13 bits per heavy atom. The highest BCUT2D eigenvalue weighted by Crippen LogP contribution is 2.28. The number of carbonyl (C=O) groups excluding carboxylic acids is 3. The summed E-state index contributed by atoms with van der Waals surface area (Å²) in [4.78, 5) is 34.3. The van der Waals surface area contributed by atoms with Crippen LogP contribution in [-0.4, -0.2) is 29.9 Å². The average molecular weight is 321 g/mol. The molecule has 0 aromatic heterocycles. The lowest BCUT2D eigenvalue weighted by Gasteiger charge is -2.20. The zero-order valence-corrected chi connectivity index (χ0v) is 13.8. The number of primary amides is 2. The third-order valence-electron chi connectivity index (χ3n) is 3.32. The van der Waals surface area contributed by atoms with Crippen molar-refractivity contribution in [2.24, 2.45) is 11.5 Å². The molecule has 0 heterocycles. The number of benzene rings is 1. The second-order valence-electron chi connectivity index (χ2n) is 5.70. The summed E-state index contributed by atoms with van der Waals surface area (Å²) in [5.74, 6) is -1.89. The van der Waals surface area contributed by atoms with Gasteiger partial charge in [-0.15, -0.1) is 0 Å². The van der Waals surface area contributed by atoms with Crippen LogP contribution in [0.15, 0.2) is 18.2 Å². The number of hydrogen-bond acceptors (Lipinski definition) is 4. The lowest BCUT2D eigenvalue weighted by atomic mass is 10.0. The minimum Gasteiger partial charge on any atom is -0.481 e. The summed E-state index contributed by atoms with van der Waals surface area (Å²) >= 11 is 0. The van der Waals surface area contributed by atoms with E-state index in [0.29, 0.717) is 5.75 Å². The monoisotopic (exact) mass is 321 g/mol. The van der Waals surface area contributed by atoms with Crippen LogP contribution in [0.4, 0.5) is 0 Å². The van der Waals surface area contributed by atoms with E-state index in [1.165, 1.54) is 6.92 Å². The molecule has 23 heavy (non-hydrogen) atoms. The van der Waals surface area contributed by atoms with Crippen molar-refractivity contribution in [1.29, 1.82) is 0 Å². The first-order valence-electron chi connectivity index (χ1n) is 7.29. The van der Waals surface area contributed by atoms with Crippen LogP contribution in [0.3, 0.4) is 0 Å². The highest BCUT2D eigenvalue weighted by atomic mass is 16.5. The molecule has 0 spiro atoms. The van der Waals surface area contributed by atoms with Gasteiger partial charge in [-0.05, 0) is 37.0 Å². The topological polar surface area (TPSA) is 125 Å². The van der Waals surface area contributed by atoms with Crippen molar-refractivity contribution in [3.63, 3.8) is 0 Å². The van der Waals surface area contributed by atoms with E-state index >= 15 is 0 Å². The van der Waals surface area contributed by atoms with Crippen molar-refractivity contribution in [3.05, 3.63) is 29.3 Å². The van der Waals surface area contributed by atoms with Crippen LogP contribution in [0.1, 0.15) is 37.8 Å². The Morgan fingerprint density at radius 1 is 1.09 bits per heavy atom. The van der Waals surface area contributed by atoms with Gasteiger partial charge >= 0.3 is 0 Å². The second kappa shape index (κ2) is 7.62. The number of nitrogens with two attached hydrogens (primary N) is 2. The Balaban J connectivity index is 2.89. The molecule has 1 atom stereocenters. The maximum atomic E-state index is 12.1. The Morgan fingerprint density at radius 2 is 1.65 bits per heavy atom. The molecule has 1 aromatic rings. The Kier molecular flexibility index (Phi) is 6.12. The molecular formula is C16H23N3O4. The number of nitrogens with one attached hydrogen (secondary N) is 1. The van der Waals surface area contributed by atoms with Gasteiger partial charge < -0.3 is 21.5 Å². The standard InChI is InChI=1S/C16H23N3O4/c1-8(2)11-6-5-9(3)7-12(11)23-10(4)16(22)19-13(14(17)20)15(18)21/h5-8,10,13H,1-4H3,(H2,17,20)(H2,18,21)(H,19,22). The molecule has 0 fully saturated rings. The molecule has 7 nitrogen and oxygen atoms in total. The molecule has 7 heteroatoms. The first-order chi connectivity index (χ1) is 10.6. The van der Waals surface area contributed by atoms with Crippen LogP contribution in [0, 0.1) is 6.92 Å². The first-order valence-corrected chi connectivity index (χ1v) is 7.29. The van der Waals surface area contributed by atoms with E-state index < -0.39 is 29.9 Å². The van der Waals surface area contributed by atoms with Crippen molar-refractivity contribution < 1.29 is 19.1 Å². The zero-order valence-electron chi connectivity index (χ0n) is 13.8. The van der Waals surface area contributed by atoms with Gasteiger partial charge in [-0.25, -0.2) is 0 Å². The SMILES string of the molecule is Cc1ccc(C(C)C)c(OC(C)C(=O)NC(C(N)=O)C(N)=O)c1. The summed E-state index contributed by atoms with van der Waals surface area (Å²) in [6.07, 6.45) is -0.921. The van der Waals surface area contributed by atoms with E-state index in [-0.39, 0.29) is 5.92 Å². The third-order valence-corrected chi connectivity index (χ3v) is 3.32. The lowest BCUT2D eigenvalue weighted by molar-refractivity contribution is -0.136. The fourth-order valence-corrected chi connectivity index (χ4v) is 2.01. The summed E-state index contributed by atoms with van der Waals surface area (Å²) in [6, 6.07) is 4.17. The van der Waals surface area contributed by atoms with Crippen LogP contribution >= 0.6 is 0 Å². The molecule has 0 radical (unpaired) electrons. The molecule has 5 N–H and O–H groups in total. The van der Waals surface area contributed by atoms with Crippen LogP contribution in [0.5, 0.6) is 5.75 Å². The number of ether oxygens (including phenoxy) is 1. The fourth-order valence-electron chi connectivity index (χ4n) is 2.01. The summed E-state index contributed by atoms with van der Waals surface area (Å²) in [6.45, 7) is 7.45. The molecule has 0 saturated carbocycles. The molecule has 1 unspecified atom stereocenters. The predicted octanol–water partition coefficient (Wildman–Crippen LogP) is 0.341. The van der Waals surface area contributed by atoms with Crippen molar-refractivity contribution in [1.82, 2.24) is 5.32 Å². The van der Waals surface area contributed by atoms with Gasteiger partial charge in [0.25, 0.3) is 5.91 Å². The molecule has 0 aliphatic rings. The van der Waals surface area contributed by atoms with Crippen LogP contribution in [0.2, 0.25) is 0 Å². The molecule has 3 amide bonds. The van der Waals surface area contributed by atoms with Crippen molar-refractivity contribution in [2.75, 3.05) is 0 Å². The number of carbonyl (C=O) groups is 3. The maximum absolute atomic E-state index is 12.1. The molecule has 0 bridgehead atoms. The van der Waals surface area contributed by atoms with Gasteiger partial charge in [0.2, 0.25) is 11.8 Å². The highest BCUT2D eigenvalue weighted by molar-refractivity contribution is 6.06. The number of rotatable bonds is 7. The Labute approximate surface area is 135 Å². The van der Waals surface area contributed by atoms with Crippen LogP contribution < -0.4 is 21.5 Å². The van der Waals surface area contributed by atoms with Crippen molar-refractivity contribution >= 4 is 17.7 Å². The first kappa shape index (κ1) is 18.5. The summed E-state index contributed by atoms with van der Waals surface area (Å²) < 4.78 is 5.69. The molecule has 0 aliphatic heterocycles. The number of amides is 3. The van der Waals surface area contributed by atoms with E-state index in [1.54, 1.807) is 0 Å². The van der Waals surface area contributed by atoms with Gasteiger partial charge in [0.15, 0.2) is 12.1 Å². The molecular weight excluding hydrogens is 298 g/mol. The minimum atomic E-state index is -1.56. The quantitative estimate of drug-likeness (QED) is 0.626. The van der Waals surface area contributed by atoms with Gasteiger partial charge in [0.05, 0.1) is 0 Å². The summed E-state index contributed by atoms with van der Waals surface area (Å²) in [7, 11) is 0. The lowest BCUT2D eigenvalue weighted by Crippen LogP contribution is -2.55. The van der Waals surface area contributed by atoms with Crippen LogP contribution in [0.25, 0.3) is 0 Å². The van der Waals surface area contributed by atoms with E-state index in [9.17, 15) is 14.4 Å². The van der Waals surface area contributed by atoms with E-state index in [4.69, 9.17) is 16.2 Å². The predicted molar refractivity (Wildman–Crippen MR) is 85.7 cm³/mol. The zero-order chi connectivity index (χ0) is 17.7. The second-order valence-corrected chi connectivity index (χ2v) is 5.70. The fraction of sp³-hybridized carbons (Fsp3) is 0.438. The molecule has 1 rings (SSSR count). The average Bonchev–Trinajstić information content (AvgIpc) is 2.43. The van der Waals surface area contributed by atoms with Crippen LogP contribution in [-0.2, 0) is 14.4 Å². The smallest absolute Gasteiger partial charge is 0.261 e. The number of aryl methyl sites for hydroxylation is 1. The largest absolute Gasteiger partial charge is 0.481 e. The van der Waals surface area contributed by atoms with Crippen molar-refractivity contribution in [2.45, 2.75) is 45.8 Å². The minimum absolute atomic E-state index is 0.213. The Bertz CT molecular complexity index is 599. The van der Waals surface area contributed by atoms with E-state index in [0.717, 1.165) is 11.1 Å². The molecule has 1 aromatic carbocycles. The normalized spacial score (nSPS) is 12.1. The molecule has 126 valence electrons. The summed E-state index contributed by atoms with van der Waals surface area (Å²) in [5, 5.41) is 2.19. The van der Waals surface area contributed by atoms with Gasteiger partial charge in [-0.3, -0.25) is 14.4 Å². The van der Waals surface area contributed by atoms with Gasteiger partial charge in [0, 0.05) is 0 Å². The molecule has 0 saturated heterocycles. The summed E-state index contributed by atoms with van der Waals surface area (Å²) in [5.41, 5.74) is 12.0. The molecule has 0 aliphatic carbocycles. The third kappa shape index (κ3) is 4.98. The van der Waals surface area contributed by atoms with Crippen molar-refractivity contribution in [3.8, 4) is 5.75 Å². The number of hydrogen-bond donors (Lipinski definition) is 3. The van der Waals surface area contributed by atoms with Gasteiger partial charge in [-0.2, -0.15) is 0 Å². The van der Waals surface area contributed by atoms with Gasteiger partial charge in [0.1, 0.15) is 5.75 Å². The van der Waals surface area contributed by atoms with E-state index in [1.807, 2.05) is 39.0 Å². The maximum Gasteiger partial charge on any atom is 0.261 e. The van der Waals surface area contributed by atoms with E-state index in [2.05, 4.69) is 5.32 Å². The van der Waals surface area contributed by atoms with Gasteiger partial charge in [-0.1, -0.05) is 26.0 Å².